The summed E-state index contributed by atoms with van der Waals surface area (Å²) in [4.78, 5) is 13.2. The maximum Gasteiger partial charge on any atom is 0.159 e. The third kappa shape index (κ3) is 3.98. The van der Waals surface area contributed by atoms with Crippen LogP contribution in [-0.4, -0.2) is 47.7 Å². The topological polar surface area (TPSA) is 114 Å². The number of rotatable bonds is 6. The smallest absolute Gasteiger partial charge is 0.159 e. The summed E-state index contributed by atoms with van der Waals surface area (Å²) in [5.41, 5.74) is 5.31. The summed E-state index contributed by atoms with van der Waals surface area (Å²) in [7, 11) is 1.84. The van der Waals surface area contributed by atoms with Crippen molar-refractivity contribution in [2.24, 2.45) is 57.1 Å². The van der Waals surface area contributed by atoms with E-state index in [0.29, 0.717) is 29.5 Å². The van der Waals surface area contributed by atoms with Crippen LogP contribution in [0.5, 0.6) is 0 Å². The molecule has 7 nitrogen and oxygen atoms in total. The Morgan fingerprint density at radius 3 is 2.56 bits per heavy atom. The number of ketones is 1. The predicted octanol–water partition coefficient (Wildman–Crippen LogP) is 3.06. The molecule has 0 aliphatic heterocycles. The average Bonchev–Trinajstić information content (AvgIpc) is 3.05. The summed E-state index contributed by atoms with van der Waals surface area (Å²) in [6, 6.07) is 0. The van der Waals surface area contributed by atoms with Crippen LogP contribution in [0.4, 0.5) is 0 Å². The van der Waals surface area contributed by atoms with E-state index in [2.05, 4.69) is 12.0 Å². The van der Waals surface area contributed by atoms with E-state index < -0.39 is 5.60 Å². The van der Waals surface area contributed by atoms with Gasteiger partial charge in [0.15, 0.2) is 5.78 Å². The maximum absolute atomic E-state index is 13.2. The summed E-state index contributed by atoms with van der Waals surface area (Å²) in [6.45, 7) is 6.98. The van der Waals surface area contributed by atoms with Crippen LogP contribution >= 0.6 is 0 Å². The van der Waals surface area contributed by atoms with Gasteiger partial charge in [-0.15, -0.1) is 5.10 Å². The van der Waals surface area contributed by atoms with Crippen LogP contribution in [0, 0.1) is 40.4 Å². The van der Waals surface area contributed by atoms with Gasteiger partial charge in [0.1, 0.15) is 12.4 Å². The molecule has 5 N–H and O–H groups in total. The zero-order valence-electron chi connectivity index (χ0n) is 20.5. The lowest BCUT2D eigenvalue weighted by Gasteiger charge is -2.62. The highest BCUT2D eigenvalue weighted by molar-refractivity contribution is 5.84. The number of nitrogens with two attached hydrogens (primary N) is 2. The van der Waals surface area contributed by atoms with E-state index in [1.54, 1.807) is 6.92 Å². The van der Waals surface area contributed by atoms with Gasteiger partial charge in [-0.2, -0.15) is 0 Å². The molecule has 8 unspecified atom stereocenters. The molecule has 0 aromatic carbocycles. The first kappa shape index (κ1) is 24.0. The zero-order valence-corrected chi connectivity index (χ0v) is 20.5. The quantitative estimate of drug-likeness (QED) is 0.249. The Morgan fingerprint density at radius 2 is 1.88 bits per heavy atom. The van der Waals surface area contributed by atoms with Crippen molar-refractivity contribution in [3.05, 3.63) is 0 Å². The summed E-state index contributed by atoms with van der Waals surface area (Å²) < 4.78 is 5.85. The van der Waals surface area contributed by atoms with Crippen molar-refractivity contribution >= 4 is 11.6 Å². The lowest BCUT2D eigenvalue weighted by Crippen LogP contribution is -2.58. The lowest BCUT2D eigenvalue weighted by atomic mass is 9.43. The van der Waals surface area contributed by atoms with E-state index in [-0.39, 0.29) is 29.1 Å². The van der Waals surface area contributed by atoms with Gasteiger partial charge in [-0.3, -0.25) is 4.79 Å². The van der Waals surface area contributed by atoms with Crippen LogP contribution in [0.15, 0.2) is 5.10 Å². The first-order valence-electron chi connectivity index (χ1n) is 12.6. The number of carbonyl (C=O) groups is 1. The SMILES string of the molecule is COCC12CCC(C)(O)CC1CCC1C3CCC(C(=O)CN(N)/N=C(/C)N)C3(C)CCC12. The standard InChI is InChI=1S/C25H44N4O3/c1-16(26)28-29(27)14-22(30)21-8-7-19-18-6-5-17-13-23(2,31)11-12-25(17,15-32-4)20(18)9-10-24(19,21)3/h17-21,31H,5-15,27H2,1-4H3,(H2,26,28). The number of aliphatic hydroxyl groups is 1. The second kappa shape index (κ2) is 8.55. The Bertz CT molecular complexity index is 751. The largest absolute Gasteiger partial charge is 0.390 e. The third-order valence-corrected chi connectivity index (χ3v) is 10.1. The van der Waals surface area contributed by atoms with Crippen molar-refractivity contribution in [1.82, 2.24) is 5.12 Å². The number of fused-ring (bicyclic) bond motifs is 5. The molecule has 4 aliphatic carbocycles. The first-order chi connectivity index (χ1) is 15.0. The van der Waals surface area contributed by atoms with Crippen molar-refractivity contribution in [3.8, 4) is 0 Å². The fraction of sp³-hybridized carbons (Fsp3) is 0.920. The molecule has 0 aromatic rings. The number of hydrogen-bond acceptors (Lipinski definition) is 6. The molecule has 0 radical (unpaired) electrons. The number of nitrogens with zero attached hydrogens (tertiary/aromatic N) is 2. The Balaban J connectivity index is 1.54. The summed E-state index contributed by atoms with van der Waals surface area (Å²) in [6.07, 6.45) is 9.56. The maximum atomic E-state index is 13.2. The van der Waals surface area contributed by atoms with E-state index in [1.807, 2.05) is 14.0 Å². The fourth-order valence-corrected chi connectivity index (χ4v) is 8.82. The second-order valence-electron chi connectivity index (χ2n) is 12.0. The summed E-state index contributed by atoms with van der Waals surface area (Å²) in [5, 5.41) is 16.0. The Labute approximate surface area is 193 Å². The molecule has 4 rings (SSSR count). The first-order valence-corrected chi connectivity index (χ1v) is 12.6. The lowest BCUT2D eigenvalue weighted by molar-refractivity contribution is -0.175. The third-order valence-electron chi connectivity index (χ3n) is 10.1. The molecule has 0 bridgehead atoms. The van der Waals surface area contributed by atoms with E-state index in [4.69, 9.17) is 16.3 Å². The van der Waals surface area contributed by atoms with Crippen molar-refractivity contribution in [2.75, 3.05) is 20.3 Å². The highest BCUT2D eigenvalue weighted by Crippen LogP contribution is 2.68. The van der Waals surface area contributed by atoms with E-state index >= 15 is 0 Å². The van der Waals surface area contributed by atoms with Gasteiger partial charge in [0.25, 0.3) is 0 Å². The number of Topliss-reactive ketones (excluding diaryl/α,β-unsaturated/α-hetero) is 1. The highest BCUT2D eigenvalue weighted by Gasteiger charge is 2.63. The average molecular weight is 449 g/mol. The Kier molecular flexibility index (Phi) is 6.40. The van der Waals surface area contributed by atoms with E-state index in [1.165, 1.54) is 18.0 Å². The Hall–Kier alpha value is -1.18. The molecule has 32 heavy (non-hydrogen) atoms. The molecular formula is C25H44N4O3. The van der Waals surface area contributed by atoms with Crippen LogP contribution in [0.1, 0.15) is 78.6 Å². The molecule has 0 saturated heterocycles. The number of hydrazine groups is 1. The van der Waals surface area contributed by atoms with Crippen molar-refractivity contribution in [1.29, 1.82) is 0 Å². The molecule has 4 fully saturated rings. The molecule has 0 amide bonds. The van der Waals surface area contributed by atoms with Gasteiger partial charge in [-0.1, -0.05) is 6.92 Å². The molecule has 7 heteroatoms. The highest BCUT2D eigenvalue weighted by atomic mass is 16.5. The van der Waals surface area contributed by atoms with Crippen molar-refractivity contribution in [2.45, 2.75) is 84.2 Å². The molecule has 8 atom stereocenters. The van der Waals surface area contributed by atoms with Gasteiger partial charge in [0.05, 0.1) is 12.2 Å². The molecule has 0 spiro atoms. The minimum absolute atomic E-state index is 0.0435. The van der Waals surface area contributed by atoms with E-state index in [0.717, 1.165) is 51.6 Å². The minimum atomic E-state index is -0.540. The number of amidine groups is 1. The number of ether oxygens (including phenoxy) is 1. The molecule has 182 valence electrons. The summed E-state index contributed by atoms with van der Waals surface area (Å²) >= 11 is 0. The van der Waals surface area contributed by atoms with Gasteiger partial charge < -0.3 is 15.6 Å². The molecule has 4 aliphatic rings. The number of hydrazone groups is 1. The number of carbonyl (C=O) groups excluding carboxylic acids is 1. The van der Waals surface area contributed by atoms with Crippen molar-refractivity contribution < 1.29 is 14.6 Å². The zero-order chi connectivity index (χ0) is 23.3. The van der Waals surface area contributed by atoms with Crippen LogP contribution in [0.3, 0.4) is 0 Å². The monoisotopic (exact) mass is 448 g/mol. The van der Waals surface area contributed by atoms with Crippen LogP contribution in [0.25, 0.3) is 0 Å². The molecule has 4 saturated carbocycles. The van der Waals surface area contributed by atoms with E-state index in [9.17, 15) is 9.90 Å². The second-order valence-corrected chi connectivity index (χ2v) is 12.0. The molecule has 0 heterocycles. The molecular weight excluding hydrogens is 404 g/mol. The van der Waals surface area contributed by atoms with Crippen molar-refractivity contribution in [3.63, 3.8) is 0 Å². The van der Waals surface area contributed by atoms with Gasteiger partial charge in [-0.25, -0.2) is 11.0 Å². The Morgan fingerprint density at radius 1 is 1.12 bits per heavy atom. The predicted molar refractivity (Wildman–Crippen MR) is 125 cm³/mol. The summed E-state index contributed by atoms with van der Waals surface area (Å²) in [5.74, 6) is 8.95. The normalized spacial score (nSPS) is 46.2. The van der Waals surface area contributed by atoms with Crippen LogP contribution in [-0.2, 0) is 9.53 Å². The number of hydrogen-bond donors (Lipinski definition) is 3. The van der Waals surface area contributed by atoms with Gasteiger partial charge in [0, 0.05) is 13.0 Å². The van der Waals surface area contributed by atoms with Crippen LogP contribution in [0.2, 0.25) is 0 Å². The minimum Gasteiger partial charge on any atom is -0.390 e. The van der Waals surface area contributed by atoms with Crippen LogP contribution < -0.4 is 11.6 Å². The van der Waals surface area contributed by atoms with Gasteiger partial charge in [-0.05, 0) is 106 Å². The van der Waals surface area contributed by atoms with Gasteiger partial charge in [0.2, 0.25) is 0 Å². The number of methoxy groups -OCH3 is 1. The fourth-order valence-electron chi connectivity index (χ4n) is 8.82. The van der Waals surface area contributed by atoms with Gasteiger partial charge >= 0.3 is 0 Å². The molecule has 0 aromatic heterocycles.